The molecule has 0 radical (unpaired) electrons. The van der Waals surface area contributed by atoms with Crippen molar-refractivity contribution >= 4 is 38.9 Å². The molecule has 0 atom stereocenters. The van der Waals surface area contributed by atoms with E-state index in [0.29, 0.717) is 33.6 Å². The van der Waals surface area contributed by atoms with Gasteiger partial charge in [0.25, 0.3) is 0 Å². The van der Waals surface area contributed by atoms with Crippen molar-refractivity contribution in [3.8, 4) is 17.2 Å². The van der Waals surface area contributed by atoms with Gasteiger partial charge in [0.1, 0.15) is 6.54 Å². The summed E-state index contributed by atoms with van der Waals surface area (Å²) in [5.41, 5.74) is 2.65. The van der Waals surface area contributed by atoms with E-state index in [4.69, 9.17) is 21.1 Å². The Morgan fingerprint density at radius 2 is 1.67 bits per heavy atom. The number of para-hydroxylation sites is 2. The van der Waals surface area contributed by atoms with Crippen molar-refractivity contribution < 1.29 is 22.7 Å². The minimum absolute atomic E-state index is 0.298. The number of carbonyl (C=O) groups excluding carboxylic acids is 1. The maximum absolute atomic E-state index is 12.9. The van der Waals surface area contributed by atoms with Crippen LogP contribution in [0, 0.1) is 13.8 Å². The molecule has 3 aromatic rings. The Morgan fingerprint density at radius 1 is 0.970 bits per heavy atom. The lowest BCUT2D eigenvalue weighted by atomic mass is 10.1. The predicted octanol–water partition coefficient (Wildman–Crippen LogP) is 5.16. The molecule has 0 aliphatic rings. The summed E-state index contributed by atoms with van der Waals surface area (Å²) in [7, 11) is -2.19. The lowest BCUT2D eigenvalue weighted by Gasteiger charge is -2.23. The van der Waals surface area contributed by atoms with Crippen LogP contribution in [-0.2, 0) is 14.8 Å². The summed E-state index contributed by atoms with van der Waals surface area (Å²) in [4.78, 5) is 12.9. The van der Waals surface area contributed by atoms with Crippen LogP contribution in [0.5, 0.6) is 17.2 Å². The molecule has 0 saturated heterocycles. The Hall–Kier alpha value is -3.23. The molecule has 9 heteroatoms. The molecular formula is C24H25ClN2O5S. The van der Waals surface area contributed by atoms with Crippen LogP contribution in [0.1, 0.15) is 11.1 Å². The molecule has 0 unspecified atom stereocenters. The zero-order chi connectivity index (χ0) is 24.2. The van der Waals surface area contributed by atoms with Gasteiger partial charge in [-0.3, -0.25) is 9.10 Å². The number of amides is 1. The highest BCUT2D eigenvalue weighted by Gasteiger charge is 2.22. The summed E-state index contributed by atoms with van der Waals surface area (Å²) in [5.74, 6) is 0.744. The highest BCUT2D eigenvalue weighted by molar-refractivity contribution is 7.92. The molecule has 0 aromatic heterocycles. The number of halogens is 1. The van der Waals surface area contributed by atoms with E-state index in [-0.39, 0.29) is 0 Å². The summed E-state index contributed by atoms with van der Waals surface area (Å²) in [6.45, 7) is 3.40. The molecule has 7 nitrogen and oxygen atoms in total. The van der Waals surface area contributed by atoms with Crippen molar-refractivity contribution in [2.24, 2.45) is 0 Å². The van der Waals surface area contributed by atoms with Gasteiger partial charge in [-0.2, -0.15) is 0 Å². The number of anilines is 2. The average molecular weight is 489 g/mol. The third-order valence-corrected chi connectivity index (χ3v) is 6.35. The smallest absolute Gasteiger partial charge is 0.245 e. The van der Waals surface area contributed by atoms with Gasteiger partial charge in [0.15, 0.2) is 17.2 Å². The summed E-state index contributed by atoms with van der Waals surface area (Å²) in [6.07, 6.45) is 1.06. The van der Waals surface area contributed by atoms with E-state index in [0.717, 1.165) is 21.7 Å². The monoisotopic (exact) mass is 488 g/mol. The molecule has 3 aromatic carbocycles. The first kappa shape index (κ1) is 24.4. The van der Waals surface area contributed by atoms with Crippen LogP contribution in [0.4, 0.5) is 11.4 Å². The Morgan fingerprint density at radius 3 is 2.30 bits per heavy atom. The second kappa shape index (κ2) is 10.1. The van der Waals surface area contributed by atoms with Gasteiger partial charge in [-0.1, -0.05) is 29.8 Å². The van der Waals surface area contributed by atoms with Crippen LogP contribution in [-0.4, -0.2) is 34.2 Å². The lowest BCUT2D eigenvalue weighted by Crippen LogP contribution is -2.37. The van der Waals surface area contributed by atoms with Gasteiger partial charge in [0.05, 0.1) is 24.7 Å². The van der Waals surface area contributed by atoms with Crippen molar-refractivity contribution in [3.63, 3.8) is 0 Å². The van der Waals surface area contributed by atoms with Crippen molar-refractivity contribution in [2.45, 2.75) is 13.8 Å². The summed E-state index contributed by atoms with van der Waals surface area (Å²) in [6, 6.07) is 17.1. The molecule has 33 heavy (non-hydrogen) atoms. The van der Waals surface area contributed by atoms with Gasteiger partial charge in [0.2, 0.25) is 15.9 Å². The molecule has 0 saturated carbocycles. The van der Waals surface area contributed by atoms with E-state index in [1.54, 1.807) is 42.5 Å². The highest BCUT2D eigenvalue weighted by Crippen LogP contribution is 2.36. The number of nitrogens with zero attached hydrogens (tertiary/aromatic N) is 1. The predicted molar refractivity (Wildman–Crippen MR) is 131 cm³/mol. The zero-order valence-corrected chi connectivity index (χ0v) is 20.3. The SMILES string of the molecule is COc1ccccc1Oc1ccc(Cl)cc1NC(=O)CN(c1ccc(C)c(C)c1)S(C)(=O)=O. The number of nitrogens with one attached hydrogen (secondary N) is 1. The summed E-state index contributed by atoms with van der Waals surface area (Å²) >= 11 is 6.13. The number of hydrogen-bond acceptors (Lipinski definition) is 5. The van der Waals surface area contributed by atoms with Gasteiger partial charge < -0.3 is 14.8 Å². The lowest BCUT2D eigenvalue weighted by molar-refractivity contribution is -0.114. The van der Waals surface area contributed by atoms with Crippen LogP contribution < -0.4 is 19.1 Å². The van der Waals surface area contributed by atoms with Crippen molar-refractivity contribution in [1.29, 1.82) is 0 Å². The number of sulfonamides is 1. The molecule has 174 valence electrons. The van der Waals surface area contributed by atoms with E-state index in [1.165, 1.54) is 13.2 Å². The molecule has 3 rings (SSSR count). The van der Waals surface area contributed by atoms with Gasteiger partial charge in [-0.15, -0.1) is 0 Å². The molecule has 0 aliphatic carbocycles. The molecular weight excluding hydrogens is 464 g/mol. The average Bonchev–Trinajstić information content (AvgIpc) is 2.75. The molecule has 0 heterocycles. The topological polar surface area (TPSA) is 84.9 Å². The number of aryl methyl sites for hydroxylation is 2. The minimum atomic E-state index is -3.71. The third-order valence-electron chi connectivity index (χ3n) is 4.97. The normalized spacial score (nSPS) is 11.1. The third kappa shape index (κ3) is 6.18. The standard InChI is InChI=1S/C24H25ClN2O5S/c1-16-9-11-19(13-17(16)2)27(33(4,29)30)15-24(28)26-20-14-18(25)10-12-21(20)32-23-8-6-5-7-22(23)31-3/h5-14H,15H2,1-4H3,(H,26,28). The Balaban J connectivity index is 1.87. The van der Waals surface area contributed by atoms with Crippen LogP contribution in [0.25, 0.3) is 0 Å². The minimum Gasteiger partial charge on any atom is -0.493 e. The first-order chi connectivity index (χ1) is 15.6. The maximum Gasteiger partial charge on any atom is 0.245 e. The Labute approximate surface area is 198 Å². The summed E-state index contributed by atoms with van der Waals surface area (Å²) in [5, 5.41) is 3.09. The van der Waals surface area contributed by atoms with Crippen molar-refractivity contribution in [2.75, 3.05) is 29.5 Å². The number of rotatable bonds is 8. The molecule has 0 aliphatic heterocycles. The second-order valence-electron chi connectivity index (χ2n) is 7.48. The second-order valence-corrected chi connectivity index (χ2v) is 9.82. The van der Waals surface area contributed by atoms with E-state index >= 15 is 0 Å². The van der Waals surface area contributed by atoms with Crippen molar-refractivity contribution in [3.05, 3.63) is 76.8 Å². The first-order valence-corrected chi connectivity index (χ1v) is 12.3. The number of methoxy groups -OCH3 is 1. The van der Waals surface area contributed by atoms with Crippen LogP contribution in [0.3, 0.4) is 0 Å². The molecule has 1 N–H and O–H groups in total. The first-order valence-electron chi connectivity index (χ1n) is 10.0. The number of benzene rings is 3. The van der Waals surface area contributed by atoms with E-state index in [1.807, 2.05) is 26.0 Å². The summed E-state index contributed by atoms with van der Waals surface area (Å²) < 4.78 is 37.2. The van der Waals surface area contributed by atoms with E-state index in [9.17, 15) is 13.2 Å². The fourth-order valence-corrected chi connectivity index (χ4v) is 4.13. The van der Waals surface area contributed by atoms with Gasteiger partial charge in [-0.05, 0) is 67.4 Å². The number of hydrogen-bond donors (Lipinski definition) is 1. The molecule has 0 bridgehead atoms. The van der Waals surface area contributed by atoms with Crippen molar-refractivity contribution in [1.82, 2.24) is 0 Å². The zero-order valence-electron chi connectivity index (χ0n) is 18.8. The van der Waals surface area contributed by atoms with Gasteiger partial charge >= 0.3 is 0 Å². The largest absolute Gasteiger partial charge is 0.493 e. The highest BCUT2D eigenvalue weighted by atomic mass is 35.5. The Bertz CT molecular complexity index is 1280. The van der Waals surface area contributed by atoms with Gasteiger partial charge in [-0.25, -0.2) is 8.42 Å². The Kier molecular flexibility index (Phi) is 7.50. The van der Waals surface area contributed by atoms with E-state index < -0.39 is 22.5 Å². The fraction of sp³-hybridized carbons (Fsp3) is 0.208. The van der Waals surface area contributed by atoms with Crippen LogP contribution in [0.2, 0.25) is 5.02 Å². The number of ether oxygens (including phenoxy) is 2. The van der Waals surface area contributed by atoms with E-state index in [2.05, 4.69) is 5.32 Å². The molecule has 1 amide bonds. The maximum atomic E-state index is 12.9. The van der Waals surface area contributed by atoms with Crippen LogP contribution >= 0.6 is 11.6 Å². The van der Waals surface area contributed by atoms with Crippen LogP contribution in [0.15, 0.2) is 60.7 Å². The quantitative estimate of drug-likeness (QED) is 0.473. The van der Waals surface area contributed by atoms with Gasteiger partial charge in [0, 0.05) is 5.02 Å². The molecule has 0 spiro atoms. The molecule has 0 fully saturated rings. The fourth-order valence-electron chi connectivity index (χ4n) is 3.11. The number of carbonyl (C=O) groups is 1.